The summed E-state index contributed by atoms with van der Waals surface area (Å²) in [6.07, 6.45) is 9.21. The molecule has 0 bridgehead atoms. The van der Waals surface area contributed by atoms with Crippen LogP contribution in [0.25, 0.3) is 10.9 Å². The number of hydrogen-bond acceptors (Lipinski definition) is 5. The normalized spacial score (nSPS) is 21.2. The number of anilines is 1. The molecule has 45 heavy (non-hydrogen) atoms. The molecule has 5 heterocycles. The number of benzene rings is 2. The second kappa shape index (κ2) is 12.3. The highest BCUT2D eigenvalue weighted by molar-refractivity contribution is 5.94. The van der Waals surface area contributed by atoms with Crippen molar-refractivity contribution in [3.05, 3.63) is 59.3 Å². The molecule has 1 atom stereocenters. The summed E-state index contributed by atoms with van der Waals surface area (Å²) in [6.45, 7) is 6.74. The second-order valence-electron chi connectivity index (χ2n) is 13.3. The number of hydrogen-bond donors (Lipinski definition) is 4. The van der Waals surface area contributed by atoms with Crippen LogP contribution in [-0.2, 0) is 16.8 Å². The molecule has 0 aliphatic carbocycles. The summed E-state index contributed by atoms with van der Waals surface area (Å²) in [5.74, 6) is -0.0154. The van der Waals surface area contributed by atoms with Gasteiger partial charge in [0, 0.05) is 55.3 Å². The highest BCUT2D eigenvalue weighted by atomic mass is 16.2. The molecule has 4 N–H and O–H groups in total. The van der Waals surface area contributed by atoms with Crippen molar-refractivity contribution in [2.75, 3.05) is 44.6 Å². The van der Waals surface area contributed by atoms with Crippen LogP contribution in [0.5, 0.6) is 0 Å². The fraction of sp³-hybridized carbons (Fsp3) is 0.529. The molecule has 7 rings (SSSR count). The molecule has 11 nitrogen and oxygen atoms in total. The van der Waals surface area contributed by atoms with Crippen molar-refractivity contribution < 1.29 is 14.4 Å². The number of nitrogens with zero attached hydrogens (tertiary/aromatic N) is 4. The highest BCUT2D eigenvalue weighted by Gasteiger charge is 2.43. The maximum atomic E-state index is 14.1. The first-order valence-corrected chi connectivity index (χ1v) is 16.6. The third-order valence-electron chi connectivity index (χ3n) is 10.5. The molecule has 3 fully saturated rings. The van der Waals surface area contributed by atoms with Crippen LogP contribution in [0.4, 0.5) is 15.3 Å². The average Bonchev–Trinajstić information content (AvgIpc) is 3.54. The number of carbonyl (C=O) groups is 3. The van der Waals surface area contributed by atoms with Gasteiger partial charge in [-0.2, -0.15) is 5.10 Å². The minimum Gasteiger partial charge on any atom is -0.341 e. The SMILES string of the molecule is Cc1cc(C[C@@H](NC(=O)N2CCC3(CC2)NC(=O)Nc2ccccc23)C(=O)N2CCC(N3CCCCC3)CC2)cc2cn[nH]c12. The number of amides is 5. The van der Waals surface area contributed by atoms with Crippen LogP contribution >= 0.6 is 0 Å². The van der Waals surface area contributed by atoms with Crippen LogP contribution in [-0.4, -0.2) is 94.2 Å². The summed E-state index contributed by atoms with van der Waals surface area (Å²) in [4.78, 5) is 46.8. The molecular weight excluding hydrogens is 568 g/mol. The van der Waals surface area contributed by atoms with Crippen LogP contribution in [0.3, 0.4) is 0 Å². The van der Waals surface area contributed by atoms with E-state index in [1.807, 2.05) is 36.1 Å². The third kappa shape index (κ3) is 5.97. The quantitative estimate of drug-likeness (QED) is 0.345. The van der Waals surface area contributed by atoms with Crippen molar-refractivity contribution in [1.29, 1.82) is 0 Å². The molecule has 1 aromatic heterocycles. The zero-order chi connectivity index (χ0) is 31.0. The number of aromatic amines is 1. The van der Waals surface area contributed by atoms with Gasteiger partial charge in [0.15, 0.2) is 0 Å². The fourth-order valence-electron chi connectivity index (χ4n) is 8.00. The van der Waals surface area contributed by atoms with Crippen LogP contribution in [0.15, 0.2) is 42.6 Å². The number of nitrogens with one attached hydrogen (secondary N) is 4. The molecule has 0 saturated carbocycles. The predicted octanol–water partition coefficient (Wildman–Crippen LogP) is 4.10. The van der Waals surface area contributed by atoms with E-state index in [9.17, 15) is 14.4 Å². The van der Waals surface area contributed by atoms with Crippen LogP contribution in [0.2, 0.25) is 0 Å². The zero-order valence-electron chi connectivity index (χ0n) is 26.1. The van der Waals surface area contributed by atoms with E-state index >= 15 is 0 Å². The van der Waals surface area contributed by atoms with Crippen LogP contribution in [0.1, 0.15) is 61.6 Å². The monoisotopic (exact) mass is 612 g/mol. The Morgan fingerprint density at radius 3 is 2.53 bits per heavy atom. The summed E-state index contributed by atoms with van der Waals surface area (Å²) in [5.41, 5.74) is 4.40. The number of fused-ring (bicyclic) bond motifs is 3. The molecule has 4 aliphatic rings. The van der Waals surface area contributed by atoms with Gasteiger partial charge >= 0.3 is 12.1 Å². The number of likely N-dealkylation sites (tertiary alicyclic amines) is 3. The molecule has 3 saturated heterocycles. The molecule has 11 heteroatoms. The van der Waals surface area contributed by atoms with Crippen molar-refractivity contribution in [2.24, 2.45) is 0 Å². The van der Waals surface area contributed by atoms with E-state index in [-0.39, 0.29) is 18.0 Å². The molecule has 238 valence electrons. The van der Waals surface area contributed by atoms with Crippen LogP contribution < -0.4 is 16.0 Å². The van der Waals surface area contributed by atoms with Crippen molar-refractivity contribution in [3.8, 4) is 0 Å². The van der Waals surface area contributed by atoms with Gasteiger partial charge in [0.1, 0.15) is 6.04 Å². The van der Waals surface area contributed by atoms with Crippen molar-refractivity contribution in [3.63, 3.8) is 0 Å². The topological polar surface area (TPSA) is 126 Å². The Labute approximate surface area is 264 Å². The Balaban J connectivity index is 1.05. The molecule has 1 spiro atoms. The number of carbonyl (C=O) groups excluding carboxylic acids is 3. The molecular formula is C34H44N8O3. The molecule has 2 aromatic carbocycles. The van der Waals surface area contributed by atoms with Gasteiger partial charge in [0.25, 0.3) is 0 Å². The van der Waals surface area contributed by atoms with E-state index in [2.05, 4.69) is 43.2 Å². The van der Waals surface area contributed by atoms with E-state index in [1.54, 1.807) is 11.1 Å². The van der Waals surface area contributed by atoms with Crippen molar-refractivity contribution >= 4 is 34.6 Å². The Kier molecular flexibility index (Phi) is 8.12. The van der Waals surface area contributed by atoms with Crippen molar-refractivity contribution in [2.45, 2.75) is 75.9 Å². The fourth-order valence-corrected chi connectivity index (χ4v) is 8.00. The molecule has 0 radical (unpaired) electrons. The summed E-state index contributed by atoms with van der Waals surface area (Å²) >= 11 is 0. The lowest BCUT2D eigenvalue weighted by Gasteiger charge is -2.45. The predicted molar refractivity (Wildman–Crippen MR) is 173 cm³/mol. The number of para-hydroxylation sites is 1. The van der Waals surface area contributed by atoms with Crippen molar-refractivity contribution in [1.82, 2.24) is 35.5 Å². The van der Waals surface area contributed by atoms with Gasteiger partial charge in [-0.3, -0.25) is 9.89 Å². The lowest BCUT2D eigenvalue weighted by atomic mass is 9.79. The maximum Gasteiger partial charge on any atom is 0.319 e. The lowest BCUT2D eigenvalue weighted by Crippen LogP contribution is -2.60. The molecule has 4 aliphatic heterocycles. The van der Waals surface area contributed by atoms with Gasteiger partial charge in [-0.15, -0.1) is 0 Å². The van der Waals surface area contributed by atoms with Gasteiger partial charge in [-0.05, 0) is 81.8 Å². The summed E-state index contributed by atoms with van der Waals surface area (Å²) in [5, 5.41) is 17.4. The number of urea groups is 2. The first kappa shape index (κ1) is 29.6. The Morgan fingerprint density at radius 1 is 1.00 bits per heavy atom. The van der Waals surface area contributed by atoms with Gasteiger partial charge in [-0.1, -0.05) is 30.7 Å². The smallest absolute Gasteiger partial charge is 0.319 e. The zero-order valence-corrected chi connectivity index (χ0v) is 26.1. The van der Waals surface area contributed by atoms with E-state index in [4.69, 9.17) is 0 Å². The maximum absolute atomic E-state index is 14.1. The number of aryl methyl sites for hydroxylation is 1. The Hall–Kier alpha value is -4.12. The standard InChI is InChI=1S/C34H44N8O3/c1-23-19-24(20-25-22-35-39-30(23)25)21-29(31(43)41-15-9-26(10-16-41)40-13-5-2-6-14-40)37-33(45)42-17-11-34(12-18-42)27-7-3-4-8-28(27)36-32(44)38-34/h3-4,7-8,19-20,22,26,29H,2,5-6,9-18,21H2,1H3,(H,35,39)(H,37,45)(H2,36,38,44)/t29-/m1/s1. The minimum atomic E-state index is -0.678. The highest BCUT2D eigenvalue weighted by Crippen LogP contribution is 2.39. The molecule has 0 unspecified atom stereocenters. The average molecular weight is 613 g/mol. The number of H-pyrrole nitrogens is 1. The summed E-state index contributed by atoms with van der Waals surface area (Å²) in [7, 11) is 0. The van der Waals surface area contributed by atoms with Gasteiger partial charge in [0.05, 0.1) is 17.3 Å². The van der Waals surface area contributed by atoms with Gasteiger partial charge in [-0.25, -0.2) is 9.59 Å². The third-order valence-corrected chi connectivity index (χ3v) is 10.5. The number of rotatable bonds is 5. The number of aromatic nitrogens is 2. The Morgan fingerprint density at radius 2 is 1.76 bits per heavy atom. The van der Waals surface area contributed by atoms with E-state index in [0.717, 1.165) is 59.2 Å². The summed E-state index contributed by atoms with van der Waals surface area (Å²) < 4.78 is 0. The van der Waals surface area contributed by atoms with E-state index in [1.165, 1.54) is 19.3 Å². The lowest BCUT2D eigenvalue weighted by molar-refractivity contribution is -0.135. The largest absolute Gasteiger partial charge is 0.341 e. The van der Waals surface area contributed by atoms with E-state index < -0.39 is 11.6 Å². The van der Waals surface area contributed by atoms with Gasteiger partial charge in [0.2, 0.25) is 5.91 Å². The first-order valence-electron chi connectivity index (χ1n) is 16.6. The van der Waals surface area contributed by atoms with Gasteiger partial charge < -0.3 is 30.7 Å². The Bertz CT molecular complexity index is 1560. The number of piperidine rings is 3. The van der Waals surface area contributed by atoms with Crippen LogP contribution in [0, 0.1) is 6.92 Å². The minimum absolute atomic E-state index is 0.0154. The first-order chi connectivity index (χ1) is 21.9. The second-order valence-corrected chi connectivity index (χ2v) is 13.3. The summed E-state index contributed by atoms with van der Waals surface area (Å²) in [6, 6.07) is 11.4. The molecule has 3 aromatic rings. The molecule has 5 amide bonds. The van der Waals surface area contributed by atoms with E-state index in [0.29, 0.717) is 51.5 Å².